The molecule has 2 rings (SSSR count). The third-order valence-electron chi connectivity index (χ3n) is 1.22. The van der Waals surface area contributed by atoms with Crippen molar-refractivity contribution in [1.82, 2.24) is 5.64 Å². The number of oxime groups is 1. The number of hydrogen-bond acceptors (Lipinski definition) is 3. The number of rotatable bonds is 1. The molecule has 0 aliphatic carbocycles. The zero-order valence-corrected chi connectivity index (χ0v) is 5.52. The number of benzene rings is 1. The topological polar surface area (TPSA) is 44.9 Å². The first kappa shape index (κ1) is 6.18. The van der Waals surface area contributed by atoms with Gasteiger partial charge in [0.1, 0.15) is 0 Å². The van der Waals surface area contributed by atoms with E-state index in [2.05, 4.69) is 26.6 Å². The summed E-state index contributed by atoms with van der Waals surface area (Å²) in [5.41, 5.74) is 3.85. The Kier molecular flexibility index (Phi) is 1.46. The van der Waals surface area contributed by atoms with Crippen LogP contribution >= 0.6 is 0 Å². The number of hydrogen-bond donors (Lipinski definition) is 0. The maximum Gasteiger partial charge on any atom is 0.290 e. The quantitative estimate of drug-likeness (QED) is 0.586. The van der Waals surface area contributed by atoms with Crippen molar-refractivity contribution in [3.63, 3.8) is 0 Å². The molecule has 1 aliphatic rings. The maximum atomic E-state index is 4.66. The molecule has 0 fully saturated rings. The van der Waals surface area contributed by atoms with Gasteiger partial charge in [0.2, 0.25) is 5.64 Å². The smallest absolute Gasteiger partial charge is 0.290 e. The van der Waals surface area contributed by atoms with E-state index in [4.69, 9.17) is 0 Å². The molecule has 1 aromatic rings. The van der Waals surface area contributed by atoms with Crippen molar-refractivity contribution in [3.8, 4) is 0 Å². The maximum absolute atomic E-state index is 4.66. The van der Waals surface area contributed by atoms with Crippen molar-refractivity contribution in [3.05, 3.63) is 35.9 Å². The molecule has 0 unspecified atom stereocenters. The van der Waals surface area contributed by atoms with Crippen molar-refractivity contribution in [1.29, 1.82) is 0 Å². The van der Waals surface area contributed by atoms with Crippen molar-refractivity contribution in [2.75, 3.05) is 0 Å². The molecule has 0 atom stereocenters. The molecule has 1 heterocycles. The van der Waals surface area contributed by atoms with Gasteiger partial charge >= 0.3 is 0 Å². The largest absolute Gasteiger partial charge is 0.326 e. The Labute approximate surface area is 63.3 Å². The third-order valence-corrected chi connectivity index (χ3v) is 1.22. The molecule has 2 radical (unpaired) electrons. The summed E-state index contributed by atoms with van der Waals surface area (Å²) in [7, 11) is 0. The molecule has 0 aromatic heterocycles. The van der Waals surface area contributed by atoms with E-state index in [0.29, 0.717) is 5.90 Å². The lowest BCUT2D eigenvalue weighted by Gasteiger charge is -1.92. The Hall–Kier alpha value is -1.55. The summed E-state index contributed by atoms with van der Waals surface area (Å²) in [5.74, 6) is 0.339. The van der Waals surface area contributed by atoms with Crippen LogP contribution in [-0.4, -0.2) is 5.90 Å². The van der Waals surface area contributed by atoms with E-state index in [9.17, 15) is 0 Å². The minimum absolute atomic E-state index is 0.339. The lowest BCUT2D eigenvalue weighted by molar-refractivity contribution is -0.0836. The fraction of sp³-hybridized carbons (Fsp3) is 0. The summed E-state index contributed by atoms with van der Waals surface area (Å²) in [6.07, 6.45) is 0. The molecule has 4 heteroatoms. The minimum Gasteiger partial charge on any atom is -0.326 e. The zero-order chi connectivity index (χ0) is 7.52. The molecule has 1 aliphatic heterocycles. The van der Waals surface area contributed by atoms with Crippen molar-refractivity contribution < 1.29 is 9.78 Å². The first-order valence-electron chi connectivity index (χ1n) is 3.05. The first-order valence-corrected chi connectivity index (χ1v) is 3.05. The van der Waals surface area contributed by atoms with Crippen LogP contribution in [0.5, 0.6) is 0 Å². The molecule has 0 N–H and O–H groups in total. The second-order valence-electron chi connectivity index (χ2n) is 1.92. The summed E-state index contributed by atoms with van der Waals surface area (Å²) in [5, 5.41) is 3.50. The van der Waals surface area contributed by atoms with E-state index in [0.717, 1.165) is 5.56 Å². The van der Waals surface area contributed by atoms with Crippen molar-refractivity contribution in [2.45, 2.75) is 0 Å². The predicted octanol–water partition coefficient (Wildman–Crippen LogP) is 0.630. The average Bonchev–Trinajstić information content (AvgIpc) is 2.58. The van der Waals surface area contributed by atoms with Crippen LogP contribution in [0.2, 0.25) is 0 Å². The fourth-order valence-electron chi connectivity index (χ4n) is 0.747. The van der Waals surface area contributed by atoms with E-state index >= 15 is 0 Å². The average molecular weight is 148 g/mol. The van der Waals surface area contributed by atoms with Gasteiger partial charge in [-0.3, -0.25) is 0 Å². The van der Waals surface area contributed by atoms with Crippen LogP contribution in [0.15, 0.2) is 29.4 Å². The Morgan fingerprint density at radius 3 is 3.00 bits per heavy atom. The fourth-order valence-corrected chi connectivity index (χ4v) is 0.747. The van der Waals surface area contributed by atoms with Gasteiger partial charge in [0.05, 0.1) is 5.56 Å². The summed E-state index contributed by atoms with van der Waals surface area (Å²) < 4.78 is 0. The standard InChI is InChI=1S/C7H4N2O2/c1-2-4-6(5-3-1)7-8-11-9-10-7/h1-4H. The predicted molar refractivity (Wildman–Crippen MR) is 36.1 cm³/mol. The number of nitrogens with zero attached hydrogens (tertiary/aromatic N) is 2. The van der Waals surface area contributed by atoms with E-state index in [1.54, 1.807) is 6.07 Å². The molecule has 0 amide bonds. The van der Waals surface area contributed by atoms with Crippen LogP contribution in [0.3, 0.4) is 0 Å². The molecule has 1 aromatic carbocycles. The summed E-state index contributed by atoms with van der Waals surface area (Å²) in [4.78, 5) is 8.94. The Balaban J connectivity index is 2.29. The highest BCUT2D eigenvalue weighted by Crippen LogP contribution is 2.04. The van der Waals surface area contributed by atoms with Gasteiger partial charge in [-0.25, -0.2) is 4.94 Å². The molecular weight excluding hydrogens is 144 g/mol. The monoisotopic (exact) mass is 148 g/mol. The molecule has 0 saturated heterocycles. The second kappa shape index (κ2) is 2.59. The normalized spacial score (nSPS) is 15.1. The van der Waals surface area contributed by atoms with Crippen LogP contribution in [0.25, 0.3) is 0 Å². The second-order valence-corrected chi connectivity index (χ2v) is 1.92. The highest BCUT2D eigenvalue weighted by molar-refractivity contribution is 5.93. The summed E-state index contributed by atoms with van der Waals surface area (Å²) >= 11 is 0. The van der Waals surface area contributed by atoms with Crippen LogP contribution in [0.1, 0.15) is 5.56 Å². The SMILES string of the molecule is [c]1ccccc1C1=NO[N]O1. The highest BCUT2D eigenvalue weighted by Gasteiger charge is 2.12. The summed E-state index contributed by atoms with van der Waals surface area (Å²) in [6.45, 7) is 0. The van der Waals surface area contributed by atoms with E-state index in [-0.39, 0.29) is 0 Å². The minimum atomic E-state index is 0.339. The van der Waals surface area contributed by atoms with E-state index < -0.39 is 0 Å². The Bertz CT molecular complexity index is 271. The van der Waals surface area contributed by atoms with Gasteiger partial charge in [-0.05, 0) is 17.3 Å². The zero-order valence-electron chi connectivity index (χ0n) is 5.52. The van der Waals surface area contributed by atoms with Crippen LogP contribution in [0.4, 0.5) is 0 Å². The van der Waals surface area contributed by atoms with Gasteiger partial charge in [-0.1, -0.05) is 18.2 Å². The third kappa shape index (κ3) is 1.15. The van der Waals surface area contributed by atoms with Gasteiger partial charge in [-0.2, -0.15) is 0 Å². The van der Waals surface area contributed by atoms with Crippen molar-refractivity contribution >= 4 is 5.90 Å². The van der Waals surface area contributed by atoms with Gasteiger partial charge in [-0.15, -0.1) is 0 Å². The van der Waals surface area contributed by atoms with Gasteiger partial charge in [0.25, 0.3) is 5.90 Å². The van der Waals surface area contributed by atoms with E-state index in [1.807, 2.05) is 18.2 Å². The molecular formula is C7H4N2O2. The van der Waals surface area contributed by atoms with Gasteiger partial charge in [0, 0.05) is 0 Å². The molecule has 11 heavy (non-hydrogen) atoms. The van der Waals surface area contributed by atoms with Crippen LogP contribution in [0, 0.1) is 6.07 Å². The lowest BCUT2D eigenvalue weighted by Crippen LogP contribution is -2.03. The first-order chi connectivity index (χ1) is 5.47. The van der Waals surface area contributed by atoms with Gasteiger partial charge < -0.3 is 4.84 Å². The Morgan fingerprint density at radius 1 is 1.36 bits per heavy atom. The summed E-state index contributed by atoms with van der Waals surface area (Å²) in [6, 6.07) is 10.2. The van der Waals surface area contributed by atoms with Crippen molar-refractivity contribution in [2.24, 2.45) is 5.16 Å². The molecule has 0 bridgehead atoms. The highest BCUT2D eigenvalue weighted by atomic mass is 17.0. The van der Waals surface area contributed by atoms with Gasteiger partial charge in [0.15, 0.2) is 0 Å². The molecule has 0 saturated carbocycles. The Morgan fingerprint density at radius 2 is 2.36 bits per heavy atom. The van der Waals surface area contributed by atoms with Crippen LogP contribution in [-0.2, 0) is 9.78 Å². The molecule has 0 spiro atoms. The lowest BCUT2D eigenvalue weighted by atomic mass is 10.2. The van der Waals surface area contributed by atoms with Crippen LogP contribution < -0.4 is 5.64 Å². The molecule has 4 nitrogen and oxygen atoms in total. The van der Waals surface area contributed by atoms with E-state index in [1.165, 1.54) is 0 Å². The molecule has 54 valence electrons.